The molecule has 4 amide bonds. The van der Waals surface area contributed by atoms with Crippen molar-refractivity contribution in [2.24, 2.45) is 5.73 Å². The van der Waals surface area contributed by atoms with Crippen LogP contribution in [-0.4, -0.2) is 62.7 Å². The number of nitrogens with two attached hydrogens (primary N) is 1. The number of benzene rings is 3. The Balaban J connectivity index is 1.43. The van der Waals surface area contributed by atoms with Gasteiger partial charge in [-0.25, -0.2) is 9.07 Å². The number of nitrogens with zero attached hydrogens (tertiary/aromatic N) is 5. The summed E-state index contributed by atoms with van der Waals surface area (Å²) in [6.07, 6.45) is 1.52. The summed E-state index contributed by atoms with van der Waals surface area (Å²) in [5, 5.41) is 10.7. The largest absolute Gasteiger partial charge is 0.366 e. The molecular formula is C28H22Cl2FN7O4. The van der Waals surface area contributed by atoms with Crippen LogP contribution >= 0.6 is 23.2 Å². The molecule has 214 valence electrons. The van der Waals surface area contributed by atoms with E-state index in [2.05, 4.69) is 15.6 Å². The number of nitrogens with one attached hydrogen (secondary N) is 1. The van der Waals surface area contributed by atoms with E-state index in [4.69, 9.17) is 28.9 Å². The van der Waals surface area contributed by atoms with Gasteiger partial charge in [0.25, 0.3) is 5.91 Å². The van der Waals surface area contributed by atoms with Crippen molar-refractivity contribution in [1.82, 2.24) is 19.9 Å². The van der Waals surface area contributed by atoms with E-state index in [0.29, 0.717) is 16.4 Å². The van der Waals surface area contributed by atoms with E-state index in [1.807, 2.05) is 0 Å². The molecule has 1 fully saturated rings. The van der Waals surface area contributed by atoms with E-state index in [9.17, 15) is 23.6 Å². The van der Waals surface area contributed by atoms with Gasteiger partial charge in [0, 0.05) is 17.1 Å². The van der Waals surface area contributed by atoms with E-state index >= 15 is 0 Å². The average Bonchev–Trinajstić information content (AvgIpc) is 3.39. The van der Waals surface area contributed by atoms with Crippen molar-refractivity contribution in [3.63, 3.8) is 0 Å². The minimum atomic E-state index is -1.13. The minimum Gasteiger partial charge on any atom is -0.366 e. The summed E-state index contributed by atoms with van der Waals surface area (Å²) in [7, 11) is 0. The molecule has 3 N–H and O–H groups in total. The van der Waals surface area contributed by atoms with Crippen LogP contribution in [0.2, 0.25) is 10.2 Å². The fourth-order valence-corrected chi connectivity index (χ4v) is 4.90. The molecule has 0 saturated carbocycles. The summed E-state index contributed by atoms with van der Waals surface area (Å²) in [5.74, 6) is -3.51. The number of piperazine rings is 1. The van der Waals surface area contributed by atoms with E-state index in [1.54, 1.807) is 42.5 Å². The van der Waals surface area contributed by atoms with Gasteiger partial charge < -0.3 is 16.0 Å². The van der Waals surface area contributed by atoms with Crippen LogP contribution in [-0.2, 0) is 20.8 Å². The first-order valence-electron chi connectivity index (χ1n) is 12.5. The Bertz CT molecular complexity index is 1700. The highest BCUT2D eigenvalue weighted by atomic mass is 35.5. The number of carbonyl (C=O) groups excluding carboxylic acids is 4. The lowest BCUT2D eigenvalue weighted by atomic mass is 10.0. The fourth-order valence-electron chi connectivity index (χ4n) is 4.60. The molecule has 0 bridgehead atoms. The molecule has 0 aliphatic carbocycles. The van der Waals surface area contributed by atoms with Crippen LogP contribution in [0.4, 0.5) is 15.8 Å². The highest BCUT2D eigenvalue weighted by Gasteiger charge is 2.39. The van der Waals surface area contributed by atoms with Crippen molar-refractivity contribution in [2.75, 3.05) is 23.3 Å². The van der Waals surface area contributed by atoms with Crippen molar-refractivity contribution in [2.45, 2.75) is 12.5 Å². The van der Waals surface area contributed by atoms with Crippen LogP contribution in [0.15, 0.2) is 72.9 Å². The molecule has 11 nitrogen and oxygen atoms in total. The van der Waals surface area contributed by atoms with Gasteiger partial charge in [0.2, 0.25) is 17.7 Å². The van der Waals surface area contributed by atoms with Crippen LogP contribution in [0.1, 0.15) is 15.9 Å². The molecule has 1 aromatic heterocycles. The fraction of sp³-hybridized carbons (Fsp3) is 0.143. The van der Waals surface area contributed by atoms with Crippen molar-refractivity contribution >= 4 is 58.2 Å². The first-order chi connectivity index (χ1) is 20.1. The second-order valence-corrected chi connectivity index (χ2v) is 10.2. The molecule has 1 aliphatic rings. The Kier molecular flexibility index (Phi) is 8.18. The summed E-state index contributed by atoms with van der Waals surface area (Å²) < 4.78 is 15.7. The molecule has 42 heavy (non-hydrogen) atoms. The monoisotopic (exact) mass is 609 g/mol. The Labute approximate surface area is 248 Å². The average molecular weight is 610 g/mol. The molecule has 0 radical (unpaired) electrons. The first kappa shape index (κ1) is 28.7. The summed E-state index contributed by atoms with van der Waals surface area (Å²) in [4.78, 5) is 54.5. The molecule has 14 heteroatoms. The smallest absolute Gasteiger partial charge is 0.251 e. The molecule has 5 rings (SSSR count). The lowest BCUT2D eigenvalue weighted by Crippen LogP contribution is -2.60. The Morgan fingerprint density at radius 1 is 0.976 bits per heavy atom. The zero-order chi connectivity index (χ0) is 30.0. The van der Waals surface area contributed by atoms with E-state index in [0.717, 1.165) is 17.7 Å². The minimum absolute atomic E-state index is 0.0491. The lowest BCUT2D eigenvalue weighted by Gasteiger charge is -2.38. The summed E-state index contributed by atoms with van der Waals surface area (Å²) in [5.41, 5.74) is 6.32. The summed E-state index contributed by atoms with van der Waals surface area (Å²) in [6, 6.07) is 16.0. The predicted octanol–water partition coefficient (Wildman–Crippen LogP) is 3.24. The third-order valence-corrected chi connectivity index (χ3v) is 7.02. The van der Waals surface area contributed by atoms with Gasteiger partial charge in [-0.05, 0) is 42.0 Å². The van der Waals surface area contributed by atoms with Gasteiger partial charge in [-0.3, -0.25) is 24.1 Å². The zero-order valence-corrected chi connectivity index (χ0v) is 23.2. The quantitative estimate of drug-likeness (QED) is 0.314. The number of aromatic nitrogens is 3. The number of carbonyl (C=O) groups is 4. The molecule has 0 spiro atoms. The summed E-state index contributed by atoms with van der Waals surface area (Å²) in [6.45, 7) is -0.822. The Hall–Kier alpha value is -4.81. The van der Waals surface area contributed by atoms with Crippen molar-refractivity contribution in [1.29, 1.82) is 0 Å². The number of anilines is 2. The molecular weight excluding hydrogens is 588 g/mol. The number of hydrogen-bond acceptors (Lipinski definition) is 6. The first-order valence-corrected chi connectivity index (χ1v) is 13.3. The van der Waals surface area contributed by atoms with Gasteiger partial charge in [-0.15, -0.1) is 5.10 Å². The second kappa shape index (κ2) is 12.0. The molecule has 2 heterocycles. The van der Waals surface area contributed by atoms with Crippen molar-refractivity contribution < 1.29 is 23.6 Å². The lowest BCUT2D eigenvalue weighted by molar-refractivity contribution is -0.143. The molecule has 1 aliphatic heterocycles. The maximum absolute atomic E-state index is 14.4. The predicted molar refractivity (Wildman–Crippen MR) is 153 cm³/mol. The molecule has 0 unspecified atom stereocenters. The van der Waals surface area contributed by atoms with Crippen LogP contribution in [0.5, 0.6) is 0 Å². The van der Waals surface area contributed by atoms with Crippen LogP contribution in [0.3, 0.4) is 0 Å². The SMILES string of the molecule is NC(=O)c1ccc(NC(=O)[C@H](Cc2ccccc2)N2CC(=O)N(c3cc(Cl)ccc3-n3cc(Cl)nn3)CC2=O)cc1F. The third kappa shape index (κ3) is 6.09. The van der Waals surface area contributed by atoms with E-state index in [1.165, 1.54) is 32.8 Å². The molecule has 4 aromatic rings. The van der Waals surface area contributed by atoms with Gasteiger partial charge >= 0.3 is 0 Å². The summed E-state index contributed by atoms with van der Waals surface area (Å²) >= 11 is 12.2. The number of primary amides is 1. The van der Waals surface area contributed by atoms with Crippen LogP contribution < -0.4 is 16.0 Å². The normalized spacial score (nSPS) is 14.2. The van der Waals surface area contributed by atoms with E-state index in [-0.39, 0.29) is 22.8 Å². The van der Waals surface area contributed by atoms with Crippen molar-refractivity contribution in [3.05, 3.63) is 100 Å². The number of amides is 4. The standard InChI is InChI=1S/C28H22Cl2FN7O4/c29-17-6-9-21(38-13-24(30)34-35-38)22(11-17)36-14-26(40)37(15-25(36)39)23(10-16-4-2-1-3-5-16)28(42)33-18-7-8-19(27(32)41)20(31)12-18/h1-9,11-13,23H,10,14-15H2,(H2,32,41)(H,33,42)/t23-/m0/s1. The Morgan fingerprint density at radius 3 is 2.40 bits per heavy atom. The zero-order valence-electron chi connectivity index (χ0n) is 21.7. The van der Waals surface area contributed by atoms with Gasteiger partial charge in [-0.2, -0.15) is 0 Å². The van der Waals surface area contributed by atoms with Crippen molar-refractivity contribution in [3.8, 4) is 5.69 Å². The van der Waals surface area contributed by atoms with Gasteiger partial charge in [0.1, 0.15) is 24.9 Å². The molecule has 3 aromatic carbocycles. The topological polar surface area (TPSA) is 144 Å². The number of rotatable bonds is 8. The second-order valence-electron chi connectivity index (χ2n) is 9.37. The highest BCUT2D eigenvalue weighted by molar-refractivity contribution is 6.31. The van der Waals surface area contributed by atoms with Crippen LogP contribution in [0.25, 0.3) is 5.69 Å². The number of hydrogen-bond donors (Lipinski definition) is 2. The highest BCUT2D eigenvalue weighted by Crippen LogP contribution is 2.30. The van der Waals surface area contributed by atoms with Gasteiger partial charge in [0.15, 0.2) is 5.15 Å². The van der Waals surface area contributed by atoms with Gasteiger partial charge in [-0.1, -0.05) is 58.7 Å². The van der Waals surface area contributed by atoms with Gasteiger partial charge in [0.05, 0.1) is 23.1 Å². The maximum Gasteiger partial charge on any atom is 0.251 e. The Morgan fingerprint density at radius 2 is 1.74 bits per heavy atom. The molecule has 1 atom stereocenters. The van der Waals surface area contributed by atoms with E-state index < -0.39 is 48.6 Å². The third-order valence-electron chi connectivity index (χ3n) is 6.61. The molecule has 1 saturated heterocycles. The van der Waals surface area contributed by atoms with Crippen LogP contribution in [0, 0.1) is 5.82 Å². The number of halogens is 3. The maximum atomic E-state index is 14.4.